The quantitative estimate of drug-likeness (QED) is 0.587. The SMILES string of the molecule is COC(=O)C12CCCC1CCN2. The van der Waals surface area contributed by atoms with E-state index in [2.05, 4.69) is 5.32 Å². The van der Waals surface area contributed by atoms with Crippen molar-refractivity contribution >= 4 is 5.97 Å². The van der Waals surface area contributed by atoms with E-state index in [1.54, 1.807) is 0 Å². The zero-order valence-corrected chi connectivity index (χ0v) is 7.43. The molecule has 0 spiro atoms. The molecule has 1 heterocycles. The summed E-state index contributed by atoms with van der Waals surface area (Å²) in [6.45, 7) is 0.972. The van der Waals surface area contributed by atoms with Crippen LogP contribution in [-0.2, 0) is 9.53 Å². The predicted octanol–water partition coefficient (Wildman–Crippen LogP) is 0.692. The first kappa shape index (κ1) is 8.05. The molecule has 1 saturated carbocycles. The minimum Gasteiger partial charge on any atom is -0.468 e. The molecule has 2 fully saturated rings. The molecular weight excluding hydrogens is 154 g/mol. The van der Waals surface area contributed by atoms with Crippen molar-refractivity contribution in [2.24, 2.45) is 5.92 Å². The molecule has 68 valence electrons. The zero-order valence-electron chi connectivity index (χ0n) is 7.43. The van der Waals surface area contributed by atoms with Gasteiger partial charge < -0.3 is 10.1 Å². The van der Waals surface area contributed by atoms with E-state index in [0.29, 0.717) is 5.92 Å². The van der Waals surface area contributed by atoms with Crippen LogP contribution in [0.4, 0.5) is 0 Å². The lowest BCUT2D eigenvalue weighted by atomic mass is 9.89. The summed E-state index contributed by atoms with van der Waals surface area (Å²) < 4.78 is 4.84. The minimum absolute atomic E-state index is 0.0532. The van der Waals surface area contributed by atoms with Crippen molar-refractivity contribution in [2.45, 2.75) is 31.2 Å². The maximum absolute atomic E-state index is 11.5. The fourth-order valence-corrected chi connectivity index (χ4v) is 2.69. The first-order chi connectivity index (χ1) is 5.79. The van der Waals surface area contributed by atoms with E-state index >= 15 is 0 Å². The van der Waals surface area contributed by atoms with Crippen LogP contribution in [0.3, 0.4) is 0 Å². The van der Waals surface area contributed by atoms with Crippen LogP contribution in [-0.4, -0.2) is 25.2 Å². The molecule has 0 aromatic heterocycles. The maximum atomic E-state index is 11.5. The molecule has 2 aliphatic rings. The van der Waals surface area contributed by atoms with Crippen molar-refractivity contribution < 1.29 is 9.53 Å². The number of nitrogens with one attached hydrogen (secondary N) is 1. The average molecular weight is 169 g/mol. The Hall–Kier alpha value is -0.570. The zero-order chi connectivity index (χ0) is 8.60. The van der Waals surface area contributed by atoms with E-state index in [1.807, 2.05) is 0 Å². The third-order valence-electron chi connectivity index (χ3n) is 3.30. The van der Waals surface area contributed by atoms with E-state index < -0.39 is 0 Å². The van der Waals surface area contributed by atoms with Crippen LogP contribution < -0.4 is 5.32 Å². The standard InChI is InChI=1S/C9H15NO2/c1-12-8(11)9-5-2-3-7(9)4-6-10-9/h7,10H,2-6H2,1H3. The van der Waals surface area contributed by atoms with E-state index in [9.17, 15) is 4.79 Å². The second-order valence-corrected chi connectivity index (χ2v) is 3.77. The Morgan fingerprint density at radius 1 is 1.58 bits per heavy atom. The Kier molecular flexibility index (Phi) is 1.83. The highest BCUT2D eigenvalue weighted by Crippen LogP contribution is 2.41. The lowest BCUT2D eigenvalue weighted by Gasteiger charge is -2.25. The highest BCUT2D eigenvalue weighted by Gasteiger charge is 2.52. The number of fused-ring (bicyclic) bond motifs is 1. The lowest BCUT2D eigenvalue weighted by molar-refractivity contribution is -0.149. The van der Waals surface area contributed by atoms with Crippen LogP contribution in [0.1, 0.15) is 25.7 Å². The Labute approximate surface area is 72.5 Å². The topological polar surface area (TPSA) is 38.3 Å². The molecule has 3 heteroatoms. The fourth-order valence-electron chi connectivity index (χ4n) is 2.69. The molecule has 0 bridgehead atoms. The van der Waals surface area contributed by atoms with Gasteiger partial charge in [0.05, 0.1) is 7.11 Å². The number of hydrogen-bond donors (Lipinski definition) is 1. The molecule has 2 atom stereocenters. The third-order valence-corrected chi connectivity index (χ3v) is 3.30. The number of hydrogen-bond acceptors (Lipinski definition) is 3. The smallest absolute Gasteiger partial charge is 0.326 e. The highest BCUT2D eigenvalue weighted by atomic mass is 16.5. The van der Waals surface area contributed by atoms with E-state index in [0.717, 1.165) is 25.8 Å². The lowest BCUT2D eigenvalue weighted by Crippen LogP contribution is -2.49. The Morgan fingerprint density at radius 3 is 3.17 bits per heavy atom. The van der Waals surface area contributed by atoms with Crippen molar-refractivity contribution in [1.82, 2.24) is 5.32 Å². The van der Waals surface area contributed by atoms with Crippen molar-refractivity contribution in [2.75, 3.05) is 13.7 Å². The number of rotatable bonds is 1. The van der Waals surface area contributed by atoms with Crippen LogP contribution in [0, 0.1) is 5.92 Å². The molecular formula is C9H15NO2. The summed E-state index contributed by atoms with van der Waals surface area (Å²) in [5, 5.41) is 3.31. The summed E-state index contributed by atoms with van der Waals surface area (Å²) in [6.07, 6.45) is 4.44. The maximum Gasteiger partial charge on any atom is 0.326 e. The number of methoxy groups -OCH3 is 1. The third kappa shape index (κ3) is 0.891. The molecule has 0 aromatic rings. The van der Waals surface area contributed by atoms with Gasteiger partial charge in [0.1, 0.15) is 5.54 Å². The number of carbonyl (C=O) groups excluding carboxylic acids is 1. The number of esters is 1. The van der Waals surface area contributed by atoms with Crippen LogP contribution in [0.2, 0.25) is 0 Å². The summed E-state index contributed by atoms with van der Waals surface area (Å²) in [7, 11) is 1.48. The molecule has 0 radical (unpaired) electrons. The Bertz CT molecular complexity index is 193. The van der Waals surface area contributed by atoms with Gasteiger partial charge in [0.15, 0.2) is 0 Å². The summed E-state index contributed by atoms with van der Waals surface area (Å²) in [5.74, 6) is 0.479. The second kappa shape index (κ2) is 2.73. The summed E-state index contributed by atoms with van der Waals surface area (Å²) in [4.78, 5) is 11.5. The van der Waals surface area contributed by atoms with Gasteiger partial charge >= 0.3 is 5.97 Å². The molecule has 1 N–H and O–H groups in total. The second-order valence-electron chi connectivity index (χ2n) is 3.77. The van der Waals surface area contributed by atoms with Crippen molar-refractivity contribution in [1.29, 1.82) is 0 Å². The van der Waals surface area contributed by atoms with Crippen molar-refractivity contribution in [3.63, 3.8) is 0 Å². The van der Waals surface area contributed by atoms with Crippen LogP contribution in [0.5, 0.6) is 0 Å². The fraction of sp³-hybridized carbons (Fsp3) is 0.889. The molecule has 2 rings (SSSR count). The van der Waals surface area contributed by atoms with E-state index in [4.69, 9.17) is 4.74 Å². The van der Waals surface area contributed by atoms with Gasteiger partial charge in [-0.1, -0.05) is 6.42 Å². The highest BCUT2D eigenvalue weighted by molar-refractivity contribution is 5.82. The number of ether oxygens (including phenoxy) is 1. The predicted molar refractivity (Wildman–Crippen MR) is 44.7 cm³/mol. The number of carbonyl (C=O) groups is 1. The van der Waals surface area contributed by atoms with Gasteiger partial charge in [-0.25, -0.2) is 0 Å². The molecule has 12 heavy (non-hydrogen) atoms. The van der Waals surface area contributed by atoms with Gasteiger partial charge in [-0.05, 0) is 31.7 Å². The van der Waals surface area contributed by atoms with Crippen LogP contribution >= 0.6 is 0 Å². The van der Waals surface area contributed by atoms with Gasteiger partial charge in [0.25, 0.3) is 0 Å². The first-order valence-corrected chi connectivity index (χ1v) is 4.63. The molecule has 1 aliphatic heterocycles. The van der Waals surface area contributed by atoms with Gasteiger partial charge in [-0.2, -0.15) is 0 Å². The van der Waals surface area contributed by atoms with Gasteiger partial charge in [0, 0.05) is 0 Å². The molecule has 0 amide bonds. The van der Waals surface area contributed by atoms with Gasteiger partial charge in [-0.3, -0.25) is 4.79 Å². The molecule has 0 aromatic carbocycles. The van der Waals surface area contributed by atoms with Gasteiger partial charge in [-0.15, -0.1) is 0 Å². The van der Waals surface area contributed by atoms with Gasteiger partial charge in [0.2, 0.25) is 0 Å². The average Bonchev–Trinajstić information content (AvgIpc) is 2.60. The summed E-state index contributed by atoms with van der Waals surface area (Å²) in [6, 6.07) is 0. The Morgan fingerprint density at radius 2 is 2.42 bits per heavy atom. The van der Waals surface area contributed by atoms with E-state index in [1.165, 1.54) is 13.5 Å². The normalized spacial score (nSPS) is 39.6. The molecule has 1 saturated heterocycles. The van der Waals surface area contributed by atoms with Crippen LogP contribution in [0.15, 0.2) is 0 Å². The van der Waals surface area contributed by atoms with E-state index in [-0.39, 0.29) is 11.5 Å². The Balaban J connectivity index is 2.21. The first-order valence-electron chi connectivity index (χ1n) is 4.63. The molecule has 1 aliphatic carbocycles. The molecule has 3 nitrogen and oxygen atoms in total. The molecule has 2 unspecified atom stereocenters. The summed E-state index contributed by atoms with van der Waals surface area (Å²) in [5.41, 5.74) is -0.297. The monoisotopic (exact) mass is 169 g/mol. The minimum atomic E-state index is -0.297. The van der Waals surface area contributed by atoms with Crippen molar-refractivity contribution in [3.8, 4) is 0 Å². The summed E-state index contributed by atoms with van der Waals surface area (Å²) >= 11 is 0. The largest absolute Gasteiger partial charge is 0.468 e. The van der Waals surface area contributed by atoms with Crippen molar-refractivity contribution in [3.05, 3.63) is 0 Å². The van der Waals surface area contributed by atoms with Crippen LogP contribution in [0.25, 0.3) is 0 Å².